The lowest BCUT2D eigenvalue weighted by molar-refractivity contribution is -0.385. The van der Waals surface area contributed by atoms with E-state index >= 15 is 0 Å². The molecule has 0 spiro atoms. The Morgan fingerprint density at radius 3 is 2.35 bits per heavy atom. The maximum absolute atomic E-state index is 12.4. The number of hydrogen-bond acceptors (Lipinski definition) is 4. The Balaban J connectivity index is 2.31. The van der Waals surface area contributed by atoms with Gasteiger partial charge in [-0.3, -0.25) is 14.8 Å². The minimum atomic E-state index is -3.78. The third-order valence-electron chi connectivity index (χ3n) is 3.52. The first-order chi connectivity index (χ1) is 10.8. The van der Waals surface area contributed by atoms with Crippen molar-refractivity contribution in [3.63, 3.8) is 0 Å². The zero-order valence-corrected chi connectivity index (χ0v) is 13.8. The Morgan fingerprint density at radius 2 is 1.78 bits per heavy atom. The maximum Gasteiger partial charge on any atom is 0.274 e. The molecule has 0 radical (unpaired) electrons. The molecule has 0 bridgehead atoms. The average molecular weight is 334 g/mol. The molecule has 0 atom stereocenters. The molecule has 0 saturated carbocycles. The van der Waals surface area contributed by atoms with Gasteiger partial charge in [0.2, 0.25) is 0 Å². The van der Waals surface area contributed by atoms with Crippen LogP contribution in [0.25, 0.3) is 0 Å². The van der Waals surface area contributed by atoms with Crippen molar-refractivity contribution in [1.82, 2.24) is 0 Å². The molecule has 1 N–H and O–H groups in total. The van der Waals surface area contributed by atoms with Crippen LogP contribution in [0.4, 0.5) is 11.4 Å². The van der Waals surface area contributed by atoms with E-state index in [0.29, 0.717) is 0 Å². The Hall–Kier alpha value is -2.41. The summed E-state index contributed by atoms with van der Waals surface area (Å²) in [4.78, 5) is 10.5. The minimum Gasteiger partial charge on any atom is -0.279 e. The van der Waals surface area contributed by atoms with Gasteiger partial charge in [0.15, 0.2) is 0 Å². The first-order valence-electron chi connectivity index (χ1n) is 7.21. The van der Waals surface area contributed by atoms with Gasteiger partial charge < -0.3 is 0 Å². The summed E-state index contributed by atoms with van der Waals surface area (Å²) >= 11 is 0. The van der Waals surface area contributed by atoms with Gasteiger partial charge in [-0.1, -0.05) is 31.5 Å². The fourth-order valence-corrected chi connectivity index (χ4v) is 3.38. The zero-order valence-electron chi connectivity index (χ0n) is 12.9. The SMILES string of the molecule is CCCc1ccc(S(=O)(=O)Nc2cccc([N+](=O)[O-])c2C)cc1. The van der Waals surface area contributed by atoms with Crippen LogP contribution in [0.2, 0.25) is 0 Å². The van der Waals surface area contributed by atoms with Crippen molar-refractivity contribution in [2.24, 2.45) is 0 Å². The molecule has 0 aliphatic heterocycles. The molecule has 0 unspecified atom stereocenters. The van der Waals surface area contributed by atoms with Crippen molar-refractivity contribution in [3.05, 3.63) is 63.7 Å². The number of aryl methyl sites for hydroxylation is 1. The standard InChI is InChI=1S/C16H18N2O4S/c1-3-5-13-8-10-14(11-9-13)23(21,22)17-15-6-4-7-16(12(15)2)18(19)20/h4,6-11,17H,3,5H2,1-2H3. The van der Waals surface area contributed by atoms with Gasteiger partial charge in [0.25, 0.3) is 15.7 Å². The fraction of sp³-hybridized carbons (Fsp3) is 0.250. The molecular weight excluding hydrogens is 316 g/mol. The zero-order chi connectivity index (χ0) is 17.0. The molecule has 122 valence electrons. The fourth-order valence-electron chi connectivity index (χ4n) is 2.26. The van der Waals surface area contributed by atoms with E-state index in [9.17, 15) is 18.5 Å². The Morgan fingerprint density at radius 1 is 1.13 bits per heavy atom. The maximum atomic E-state index is 12.4. The first-order valence-corrected chi connectivity index (χ1v) is 8.69. The van der Waals surface area contributed by atoms with Crippen molar-refractivity contribution in [1.29, 1.82) is 0 Å². The van der Waals surface area contributed by atoms with Crippen LogP contribution in [0.15, 0.2) is 47.4 Å². The van der Waals surface area contributed by atoms with Crippen molar-refractivity contribution in [2.75, 3.05) is 4.72 Å². The van der Waals surface area contributed by atoms with Gasteiger partial charge in [0.1, 0.15) is 0 Å². The van der Waals surface area contributed by atoms with Crippen molar-refractivity contribution in [3.8, 4) is 0 Å². The van der Waals surface area contributed by atoms with Crippen LogP contribution in [-0.4, -0.2) is 13.3 Å². The second kappa shape index (κ2) is 6.78. The molecule has 0 saturated heterocycles. The molecule has 0 fully saturated rings. The molecule has 7 heteroatoms. The summed E-state index contributed by atoms with van der Waals surface area (Å²) in [5, 5.41) is 10.9. The van der Waals surface area contributed by atoms with Crippen molar-refractivity contribution < 1.29 is 13.3 Å². The number of benzene rings is 2. The number of rotatable bonds is 6. The number of nitrogens with one attached hydrogen (secondary N) is 1. The summed E-state index contributed by atoms with van der Waals surface area (Å²) in [7, 11) is -3.78. The average Bonchev–Trinajstić information content (AvgIpc) is 2.50. The van der Waals surface area contributed by atoms with Crippen LogP contribution in [-0.2, 0) is 16.4 Å². The van der Waals surface area contributed by atoms with Crippen molar-refractivity contribution in [2.45, 2.75) is 31.6 Å². The highest BCUT2D eigenvalue weighted by Crippen LogP contribution is 2.27. The number of nitrogens with zero attached hydrogens (tertiary/aromatic N) is 1. The van der Waals surface area contributed by atoms with E-state index < -0.39 is 14.9 Å². The highest BCUT2D eigenvalue weighted by molar-refractivity contribution is 7.92. The van der Waals surface area contributed by atoms with E-state index in [1.807, 2.05) is 0 Å². The quantitative estimate of drug-likeness (QED) is 0.645. The van der Waals surface area contributed by atoms with Crippen LogP contribution in [0, 0.1) is 17.0 Å². The summed E-state index contributed by atoms with van der Waals surface area (Å²) in [5.74, 6) is 0. The molecular formula is C16H18N2O4S. The number of anilines is 1. The van der Waals surface area contributed by atoms with Gasteiger partial charge in [0, 0.05) is 6.07 Å². The number of sulfonamides is 1. The molecule has 23 heavy (non-hydrogen) atoms. The summed E-state index contributed by atoms with van der Waals surface area (Å²) in [6.07, 6.45) is 1.87. The van der Waals surface area contributed by atoms with Crippen LogP contribution >= 0.6 is 0 Å². The minimum absolute atomic E-state index is 0.122. The lowest BCUT2D eigenvalue weighted by Crippen LogP contribution is -2.14. The Kier molecular flexibility index (Phi) is 5.00. The summed E-state index contributed by atoms with van der Waals surface area (Å²) in [5.41, 5.74) is 1.43. The van der Waals surface area contributed by atoms with Crippen LogP contribution in [0.5, 0.6) is 0 Å². The summed E-state index contributed by atoms with van der Waals surface area (Å²) in [6, 6.07) is 10.9. The topological polar surface area (TPSA) is 89.3 Å². The summed E-state index contributed by atoms with van der Waals surface area (Å²) in [6.45, 7) is 3.57. The number of hydrogen-bond donors (Lipinski definition) is 1. The highest BCUT2D eigenvalue weighted by atomic mass is 32.2. The molecule has 2 rings (SSSR count). The van der Waals surface area contributed by atoms with Gasteiger partial charge >= 0.3 is 0 Å². The van der Waals surface area contributed by atoms with E-state index in [2.05, 4.69) is 11.6 Å². The van der Waals surface area contributed by atoms with Gasteiger partial charge in [-0.25, -0.2) is 8.42 Å². The third kappa shape index (κ3) is 3.87. The number of nitro groups is 1. The van der Waals surface area contributed by atoms with Crippen LogP contribution in [0.1, 0.15) is 24.5 Å². The normalized spacial score (nSPS) is 11.2. The van der Waals surface area contributed by atoms with Gasteiger partial charge in [-0.05, 0) is 37.1 Å². The number of nitro benzene ring substituents is 1. The molecule has 0 aliphatic carbocycles. The van der Waals surface area contributed by atoms with Gasteiger partial charge in [-0.2, -0.15) is 0 Å². The predicted octanol–water partition coefficient (Wildman–Crippen LogP) is 3.66. The third-order valence-corrected chi connectivity index (χ3v) is 4.90. The first kappa shape index (κ1) is 17.0. The van der Waals surface area contributed by atoms with E-state index in [1.165, 1.54) is 25.1 Å². The van der Waals surface area contributed by atoms with E-state index in [4.69, 9.17) is 0 Å². The lowest BCUT2D eigenvalue weighted by Gasteiger charge is -2.11. The molecule has 0 aliphatic rings. The van der Waals surface area contributed by atoms with Gasteiger partial charge in [0.05, 0.1) is 21.1 Å². The molecule has 6 nitrogen and oxygen atoms in total. The molecule has 0 aromatic heterocycles. The van der Waals surface area contributed by atoms with E-state index in [1.54, 1.807) is 24.3 Å². The highest BCUT2D eigenvalue weighted by Gasteiger charge is 2.19. The summed E-state index contributed by atoms with van der Waals surface area (Å²) < 4.78 is 27.3. The van der Waals surface area contributed by atoms with Crippen LogP contribution in [0.3, 0.4) is 0 Å². The predicted molar refractivity (Wildman–Crippen MR) is 89.1 cm³/mol. The molecule has 2 aromatic rings. The molecule has 0 heterocycles. The monoisotopic (exact) mass is 334 g/mol. The second-order valence-corrected chi connectivity index (χ2v) is 6.89. The van der Waals surface area contributed by atoms with Gasteiger partial charge in [-0.15, -0.1) is 0 Å². The van der Waals surface area contributed by atoms with E-state index in [0.717, 1.165) is 18.4 Å². The molecule has 2 aromatic carbocycles. The second-order valence-electron chi connectivity index (χ2n) is 5.21. The largest absolute Gasteiger partial charge is 0.279 e. The van der Waals surface area contributed by atoms with Crippen molar-refractivity contribution >= 4 is 21.4 Å². The molecule has 0 amide bonds. The van der Waals surface area contributed by atoms with E-state index in [-0.39, 0.29) is 21.8 Å². The lowest BCUT2D eigenvalue weighted by atomic mass is 10.1. The Bertz CT molecular complexity index is 814. The smallest absolute Gasteiger partial charge is 0.274 e. The Labute approximate surface area is 135 Å². The van der Waals surface area contributed by atoms with Crippen LogP contribution < -0.4 is 4.72 Å².